The highest BCUT2D eigenvalue weighted by Gasteiger charge is 2.55. The van der Waals surface area contributed by atoms with Crippen LogP contribution in [0.25, 0.3) is 0 Å². The Balaban J connectivity index is 2.49. The van der Waals surface area contributed by atoms with E-state index in [9.17, 15) is 13.7 Å². The molecule has 0 aliphatic heterocycles. The zero-order valence-electron chi connectivity index (χ0n) is 10.4. The van der Waals surface area contributed by atoms with Gasteiger partial charge in [-0.2, -0.15) is 5.26 Å². The largest absolute Gasteiger partial charge is 0.222 e. The number of rotatable bonds is 3. The van der Waals surface area contributed by atoms with Gasteiger partial charge in [0, 0.05) is 5.02 Å². The van der Waals surface area contributed by atoms with Crippen LogP contribution < -0.4 is 0 Å². The Labute approximate surface area is 123 Å². The van der Waals surface area contributed by atoms with Gasteiger partial charge in [-0.3, -0.25) is 0 Å². The molecule has 0 amide bonds. The molecule has 0 bridgehead atoms. The van der Waals surface area contributed by atoms with Gasteiger partial charge in [-0.05, 0) is 37.0 Å². The summed E-state index contributed by atoms with van der Waals surface area (Å²) >= 11 is 11.8. The normalized spacial score (nSPS) is 26.5. The molecule has 0 heterocycles. The van der Waals surface area contributed by atoms with E-state index in [1.54, 1.807) is 0 Å². The standard InChI is InChI=1S/C13H13Cl2NO2S/c1-2-9-6-13(7-9,8-16)19(17,18)12-5-10(14)3-4-11(12)15/h3-5,9H,2,6-7H2,1H3. The van der Waals surface area contributed by atoms with Crippen LogP contribution in [0.5, 0.6) is 0 Å². The van der Waals surface area contributed by atoms with E-state index < -0.39 is 14.6 Å². The molecule has 0 unspecified atom stereocenters. The predicted molar refractivity (Wildman–Crippen MR) is 75.0 cm³/mol. The molecular weight excluding hydrogens is 305 g/mol. The fraction of sp³-hybridized carbons (Fsp3) is 0.462. The van der Waals surface area contributed by atoms with Crippen molar-refractivity contribution >= 4 is 33.0 Å². The Bertz CT molecular complexity index is 643. The van der Waals surface area contributed by atoms with Gasteiger partial charge in [-0.25, -0.2) is 8.42 Å². The molecule has 0 atom stereocenters. The maximum atomic E-state index is 12.6. The Kier molecular flexibility index (Phi) is 3.83. The van der Waals surface area contributed by atoms with Gasteiger partial charge in [-0.15, -0.1) is 0 Å². The number of sulfone groups is 1. The van der Waals surface area contributed by atoms with E-state index in [0.717, 1.165) is 6.42 Å². The molecule has 19 heavy (non-hydrogen) atoms. The van der Waals surface area contributed by atoms with Crippen LogP contribution in [-0.4, -0.2) is 13.2 Å². The number of nitrogens with zero attached hydrogens (tertiary/aromatic N) is 1. The summed E-state index contributed by atoms with van der Waals surface area (Å²) < 4.78 is 23.9. The van der Waals surface area contributed by atoms with E-state index in [4.69, 9.17) is 23.2 Å². The highest BCUT2D eigenvalue weighted by Crippen LogP contribution is 2.48. The monoisotopic (exact) mass is 317 g/mol. The SMILES string of the molecule is CCC1CC(C#N)(S(=O)(=O)c2cc(Cl)ccc2Cl)C1. The lowest BCUT2D eigenvalue weighted by Gasteiger charge is -2.41. The zero-order valence-corrected chi connectivity index (χ0v) is 12.7. The molecule has 1 saturated carbocycles. The molecule has 0 aromatic heterocycles. The van der Waals surface area contributed by atoms with Crippen molar-refractivity contribution in [3.05, 3.63) is 28.2 Å². The molecule has 0 N–H and O–H groups in total. The first kappa shape index (κ1) is 14.6. The van der Waals surface area contributed by atoms with Crippen molar-refractivity contribution in [2.75, 3.05) is 0 Å². The van der Waals surface area contributed by atoms with Gasteiger partial charge in [0.2, 0.25) is 0 Å². The quantitative estimate of drug-likeness (QED) is 0.850. The molecule has 0 radical (unpaired) electrons. The Morgan fingerprint density at radius 2 is 2.05 bits per heavy atom. The third-order valence-electron chi connectivity index (χ3n) is 3.72. The summed E-state index contributed by atoms with van der Waals surface area (Å²) in [6.07, 6.45) is 1.61. The molecule has 0 spiro atoms. The first-order chi connectivity index (χ1) is 8.86. The number of benzene rings is 1. The lowest BCUT2D eigenvalue weighted by atomic mass is 9.73. The molecule has 0 saturated heterocycles. The molecule has 6 heteroatoms. The van der Waals surface area contributed by atoms with Gasteiger partial charge in [0.25, 0.3) is 0 Å². The average molecular weight is 318 g/mol. The Morgan fingerprint density at radius 1 is 1.42 bits per heavy atom. The second kappa shape index (κ2) is 4.97. The van der Waals surface area contributed by atoms with Crippen LogP contribution in [0.15, 0.2) is 23.1 Å². The van der Waals surface area contributed by atoms with Crippen LogP contribution in [-0.2, 0) is 9.84 Å². The van der Waals surface area contributed by atoms with E-state index in [-0.39, 0.29) is 15.8 Å². The fourth-order valence-corrected chi connectivity index (χ4v) is 5.14. The third kappa shape index (κ3) is 2.24. The smallest absolute Gasteiger partial charge is 0.198 e. The predicted octanol–water partition coefficient (Wildman–Crippen LogP) is 3.85. The van der Waals surface area contributed by atoms with Crippen molar-refractivity contribution in [1.29, 1.82) is 5.26 Å². The van der Waals surface area contributed by atoms with Crippen molar-refractivity contribution in [2.45, 2.75) is 35.8 Å². The van der Waals surface area contributed by atoms with E-state index in [1.165, 1.54) is 18.2 Å². The van der Waals surface area contributed by atoms with Crippen molar-refractivity contribution in [2.24, 2.45) is 5.92 Å². The van der Waals surface area contributed by atoms with Crippen molar-refractivity contribution in [1.82, 2.24) is 0 Å². The van der Waals surface area contributed by atoms with Gasteiger partial charge in [-0.1, -0.05) is 36.5 Å². The summed E-state index contributed by atoms with van der Waals surface area (Å²) in [6, 6.07) is 6.26. The van der Waals surface area contributed by atoms with Crippen LogP contribution in [0.1, 0.15) is 26.2 Å². The van der Waals surface area contributed by atoms with E-state index >= 15 is 0 Å². The second-order valence-corrected chi connectivity index (χ2v) is 7.94. The van der Waals surface area contributed by atoms with Gasteiger partial charge in [0.1, 0.15) is 0 Å². The van der Waals surface area contributed by atoms with E-state index in [1.807, 2.05) is 13.0 Å². The van der Waals surface area contributed by atoms with Gasteiger partial charge in [0.05, 0.1) is 16.0 Å². The minimum absolute atomic E-state index is 0.0437. The average Bonchev–Trinajstić information content (AvgIpc) is 2.31. The molecule has 1 aromatic carbocycles. The number of hydrogen-bond donors (Lipinski definition) is 0. The first-order valence-electron chi connectivity index (χ1n) is 5.97. The van der Waals surface area contributed by atoms with Crippen LogP contribution in [0.3, 0.4) is 0 Å². The van der Waals surface area contributed by atoms with Gasteiger partial charge >= 0.3 is 0 Å². The van der Waals surface area contributed by atoms with E-state index in [0.29, 0.717) is 17.9 Å². The Morgan fingerprint density at radius 3 is 2.58 bits per heavy atom. The summed E-state index contributed by atoms with van der Waals surface area (Å²) in [7, 11) is -3.79. The molecular formula is C13H13Cl2NO2S. The zero-order chi connectivity index (χ0) is 14.3. The van der Waals surface area contributed by atoms with Gasteiger partial charge < -0.3 is 0 Å². The minimum atomic E-state index is -3.79. The highest BCUT2D eigenvalue weighted by molar-refractivity contribution is 7.93. The topological polar surface area (TPSA) is 57.9 Å². The van der Waals surface area contributed by atoms with Gasteiger partial charge in [0.15, 0.2) is 14.6 Å². The first-order valence-corrected chi connectivity index (χ1v) is 8.21. The molecule has 102 valence electrons. The van der Waals surface area contributed by atoms with Crippen molar-refractivity contribution in [3.8, 4) is 6.07 Å². The summed E-state index contributed by atoms with van der Waals surface area (Å²) in [5.74, 6) is 0.285. The molecule has 1 aromatic rings. The summed E-state index contributed by atoms with van der Waals surface area (Å²) in [4.78, 5) is -0.0437. The summed E-state index contributed by atoms with van der Waals surface area (Å²) in [5.41, 5.74) is 0. The number of hydrogen-bond acceptors (Lipinski definition) is 3. The van der Waals surface area contributed by atoms with Crippen molar-refractivity contribution in [3.63, 3.8) is 0 Å². The van der Waals surface area contributed by atoms with Crippen LogP contribution >= 0.6 is 23.2 Å². The van der Waals surface area contributed by atoms with Crippen LogP contribution in [0.2, 0.25) is 10.0 Å². The number of nitriles is 1. The van der Waals surface area contributed by atoms with Crippen molar-refractivity contribution < 1.29 is 8.42 Å². The maximum Gasteiger partial charge on any atom is 0.198 e. The lowest BCUT2D eigenvalue weighted by Crippen LogP contribution is -2.49. The fourth-order valence-electron chi connectivity index (χ4n) is 2.43. The molecule has 1 fully saturated rings. The maximum absolute atomic E-state index is 12.6. The molecule has 2 rings (SSSR count). The molecule has 1 aliphatic carbocycles. The number of halogens is 2. The van der Waals surface area contributed by atoms with Crippen LogP contribution in [0, 0.1) is 17.2 Å². The summed E-state index contributed by atoms with van der Waals surface area (Å²) in [6.45, 7) is 1.99. The summed E-state index contributed by atoms with van der Waals surface area (Å²) in [5, 5.41) is 9.71. The Hall–Kier alpha value is -0.760. The third-order valence-corrected chi connectivity index (χ3v) is 6.76. The second-order valence-electron chi connectivity index (χ2n) is 4.87. The highest BCUT2D eigenvalue weighted by atomic mass is 35.5. The minimum Gasteiger partial charge on any atom is -0.222 e. The lowest BCUT2D eigenvalue weighted by molar-refractivity contribution is 0.256. The van der Waals surface area contributed by atoms with E-state index in [2.05, 4.69) is 0 Å². The molecule has 3 nitrogen and oxygen atoms in total. The van der Waals surface area contributed by atoms with Crippen LogP contribution in [0.4, 0.5) is 0 Å². The molecule has 1 aliphatic rings.